The molecule has 0 spiro atoms. The maximum absolute atomic E-state index is 13.6. The van der Waals surface area contributed by atoms with Gasteiger partial charge in [0.1, 0.15) is 12.1 Å². The summed E-state index contributed by atoms with van der Waals surface area (Å²) in [6.07, 6.45) is 0.354. The molecule has 0 aliphatic carbocycles. The first kappa shape index (κ1) is 18.1. The molecule has 1 aromatic heterocycles. The molecule has 1 aliphatic heterocycles. The van der Waals surface area contributed by atoms with Gasteiger partial charge in [-0.2, -0.15) is 0 Å². The van der Waals surface area contributed by atoms with Crippen molar-refractivity contribution in [2.75, 3.05) is 0 Å². The molecule has 6 nitrogen and oxygen atoms in total. The highest BCUT2D eigenvalue weighted by molar-refractivity contribution is 6.07. The highest BCUT2D eigenvalue weighted by atomic mass is 16.3. The molecule has 1 atom stereocenters. The Hall–Kier alpha value is -3.93. The van der Waals surface area contributed by atoms with Crippen LogP contribution >= 0.6 is 0 Å². The number of para-hydroxylation sites is 2. The zero-order chi connectivity index (χ0) is 20.6. The molecule has 0 saturated carbocycles. The molecule has 0 bridgehead atoms. The van der Waals surface area contributed by atoms with Crippen molar-refractivity contribution in [3.8, 4) is 0 Å². The topological polar surface area (TPSA) is 75.4 Å². The predicted octanol–water partition coefficient (Wildman–Crippen LogP) is 4.02. The number of fused-ring (bicyclic) bond motifs is 1. The molecule has 0 radical (unpaired) electrons. The van der Waals surface area contributed by atoms with Crippen molar-refractivity contribution in [1.29, 1.82) is 0 Å². The lowest BCUT2D eigenvalue weighted by molar-refractivity contribution is -0.132. The summed E-state index contributed by atoms with van der Waals surface area (Å²) >= 11 is 0. The first-order chi connectivity index (χ1) is 14.7. The molecule has 3 amide bonds. The first-order valence-electron chi connectivity index (χ1n) is 9.74. The van der Waals surface area contributed by atoms with E-state index in [4.69, 9.17) is 4.42 Å². The van der Waals surface area contributed by atoms with Crippen LogP contribution in [0.4, 0.5) is 4.79 Å². The van der Waals surface area contributed by atoms with Crippen LogP contribution < -0.4 is 5.32 Å². The lowest BCUT2D eigenvalue weighted by atomic mass is 9.83. The number of urea groups is 1. The molecule has 4 aromatic rings. The van der Waals surface area contributed by atoms with Gasteiger partial charge in [0.25, 0.3) is 5.91 Å². The smallest absolute Gasteiger partial charge is 0.325 e. The van der Waals surface area contributed by atoms with Gasteiger partial charge in [-0.1, -0.05) is 72.8 Å². The Kier molecular flexibility index (Phi) is 4.32. The number of hydrogen-bond acceptors (Lipinski definition) is 4. The molecule has 1 fully saturated rings. The largest absolute Gasteiger partial charge is 0.439 e. The highest BCUT2D eigenvalue weighted by Gasteiger charge is 2.52. The van der Waals surface area contributed by atoms with Crippen LogP contribution in [0.1, 0.15) is 17.0 Å². The van der Waals surface area contributed by atoms with Gasteiger partial charge in [-0.15, -0.1) is 0 Å². The molecular weight excluding hydrogens is 378 g/mol. The second-order valence-electron chi connectivity index (χ2n) is 7.33. The SMILES string of the molecule is O=C1N[C@](Cc2ccccc2)(c2ccccc2)C(=O)N1Cc1nc2ccccc2o1. The van der Waals surface area contributed by atoms with Crippen molar-refractivity contribution < 1.29 is 14.0 Å². The number of aromatic nitrogens is 1. The molecule has 148 valence electrons. The van der Waals surface area contributed by atoms with Crippen LogP contribution in [0.15, 0.2) is 89.3 Å². The van der Waals surface area contributed by atoms with E-state index in [1.807, 2.05) is 78.9 Å². The summed E-state index contributed by atoms with van der Waals surface area (Å²) in [7, 11) is 0. The summed E-state index contributed by atoms with van der Waals surface area (Å²) in [6.45, 7) is -0.0251. The number of amides is 3. The minimum atomic E-state index is -1.17. The number of oxazole rings is 1. The molecule has 0 unspecified atom stereocenters. The predicted molar refractivity (Wildman–Crippen MR) is 111 cm³/mol. The van der Waals surface area contributed by atoms with Gasteiger partial charge < -0.3 is 9.73 Å². The van der Waals surface area contributed by atoms with Crippen LogP contribution in [0.3, 0.4) is 0 Å². The Labute approximate surface area is 173 Å². The van der Waals surface area contributed by atoms with Gasteiger partial charge in [-0.25, -0.2) is 9.78 Å². The van der Waals surface area contributed by atoms with Crippen LogP contribution in [0.2, 0.25) is 0 Å². The third-order valence-corrected chi connectivity index (χ3v) is 5.39. The van der Waals surface area contributed by atoms with Crippen molar-refractivity contribution in [2.24, 2.45) is 0 Å². The normalized spacial score (nSPS) is 18.7. The van der Waals surface area contributed by atoms with Crippen LogP contribution in [0.5, 0.6) is 0 Å². The Balaban J connectivity index is 1.52. The summed E-state index contributed by atoms with van der Waals surface area (Å²) in [4.78, 5) is 32.1. The number of hydrogen-bond donors (Lipinski definition) is 1. The number of nitrogens with zero attached hydrogens (tertiary/aromatic N) is 2. The van der Waals surface area contributed by atoms with Crippen molar-refractivity contribution in [1.82, 2.24) is 15.2 Å². The van der Waals surface area contributed by atoms with E-state index in [0.29, 0.717) is 23.4 Å². The molecule has 30 heavy (non-hydrogen) atoms. The van der Waals surface area contributed by atoms with Crippen molar-refractivity contribution in [2.45, 2.75) is 18.5 Å². The summed E-state index contributed by atoms with van der Waals surface area (Å²) in [5.41, 5.74) is 1.84. The number of carbonyl (C=O) groups is 2. The average Bonchev–Trinajstić information content (AvgIpc) is 3.29. The second-order valence-corrected chi connectivity index (χ2v) is 7.33. The van der Waals surface area contributed by atoms with Gasteiger partial charge in [0.2, 0.25) is 5.89 Å². The highest BCUT2D eigenvalue weighted by Crippen LogP contribution is 2.34. The fourth-order valence-corrected chi connectivity index (χ4v) is 3.93. The van der Waals surface area contributed by atoms with Gasteiger partial charge in [0.15, 0.2) is 11.1 Å². The fraction of sp³-hybridized carbons (Fsp3) is 0.125. The third-order valence-electron chi connectivity index (χ3n) is 5.39. The van der Waals surface area contributed by atoms with E-state index in [9.17, 15) is 9.59 Å². The van der Waals surface area contributed by atoms with Crippen LogP contribution in [-0.4, -0.2) is 21.8 Å². The van der Waals surface area contributed by atoms with Crippen molar-refractivity contribution in [3.05, 3.63) is 102 Å². The van der Waals surface area contributed by atoms with E-state index in [-0.39, 0.29) is 12.5 Å². The van der Waals surface area contributed by atoms with Gasteiger partial charge in [0.05, 0.1) is 0 Å². The summed E-state index contributed by atoms with van der Waals surface area (Å²) in [5, 5.41) is 2.95. The van der Waals surface area contributed by atoms with Crippen LogP contribution in [0, 0.1) is 0 Å². The van der Waals surface area contributed by atoms with Crippen LogP contribution in [0.25, 0.3) is 11.1 Å². The lowest BCUT2D eigenvalue weighted by Gasteiger charge is -2.27. The van der Waals surface area contributed by atoms with E-state index in [1.165, 1.54) is 4.90 Å². The van der Waals surface area contributed by atoms with E-state index < -0.39 is 11.6 Å². The number of carbonyl (C=O) groups excluding carboxylic acids is 2. The molecule has 5 rings (SSSR count). The molecule has 1 aliphatic rings. The van der Waals surface area contributed by atoms with Crippen molar-refractivity contribution in [3.63, 3.8) is 0 Å². The molecule has 6 heteroatoms. The number of rotatable bonds is 5. The molecule has 1 N–H and O–H groups in total. The average molecular weight is 397 g/mol. The molecular formula is C24H19N3O3. The second kappa shape index (κ2) is 7.15. The summed E-state index contributed by atoms with van der Waals surface area (Å²) in [5.74, 6) is 0.00748. The molecule has 2 heterocycles. The first-order valence-corrected chi connectivity index (χ1v) is 9.74. The van der Waals surface area contributed by atoms with Gasteiger partial charge in [0, 0.05) is 6.42 Å². The minimum absolute atomic E-state index is 0.0251. The van der Waals surface area contributed by atoms with E-state index >= 15 is 0 Å². The lowest BCUT2D eigenvalue weighted by Crippen LogP contribution is -2.46. The van der Waals surface area contributed by atoms with E-state index in [0.717, 1.165) is 11.1 Å². The van der Waals surface area contributed by atoms with E-state index in [1.54, 1.807) is 6.07 Å². The fourth-order valence-electron chi connectivity index (χ4n) is 3.93. The number of imide groups is 1. The zero-order valence-electron chi connectivity index (χ0n) is 16.1. The Morgan fingerprint density at radius 3 is 2.27 bits per heavy atom. The van der Waals surface area contributed by atoms with E-state index in [2.05, 4.69) is 10.3 Å². The van der Waals surface area contributed by atoms with Gasteiger partial charge in [-0.3, -0.25) is 9.69 Å². The standard InChI is InChI=1S/C24H19N3O3/c28-22-24(18-11-5-2-6-12-18,15-17-9-3-1-4-10-17)26-23(29)27(22)16-21-25-19-13-7-8-14-20(19)30-21/h1-14H,15-16H2,(H,26,29)/t24-/m1/s1. The maximum atomic E-state index is 13.6. The van der Waals surface area contributed by atoms with Crippen LogP contribution in [-0.2, 0) is 23.3 Å². The summed E-state index contributed by atoms with van der Waals surface area (Å²) < 4.78 is 5.73. The molecule has 1 saturated heterocycles. The number of nitrogens with one attached hydrogen (secondary N) is 1. The Bertz CT molecular complexity index is 1190. The Morgan fingerprint density at radius 1 is 0.867 bits per heavy atom. The Morgan fingerprint density at radius 2 is 1.53 bits per heavy atom. The van der Waals surface area contributed by atoms with Gasteiger partial charge in [-0.05, 0) is 23.3 Å². The monoisotopic (exact) mass is 397 g/mol. The third kappa shape index (κ3) is 3.03. The zero-order valence-corrected chi connectivity index (χ0v) is 16.1. The van der Waals surface area contributed by atoms with Crippen molar-refractivity contribution >= 4 is 23.0 Å². The summed E-state index contributed by atoms with van der Waals surface area (Å²) in [6, 6.07) is 25.9. The number of benzene rings is 3. The minimum Gasteiger partial charge on any atom is -0.439 e. The maximum Gasteiger partial charge on any atom is 0.325 e. The van der Waals surface area contributed by atoms with Gasteiger partial charge >= 0.3 is 6.03 Å². The quantitative estimate of drug-likeness (QED) is 0.516. The molecule has 3 aromatic carbocycles.